The van der Waals surface area contributed by atoms with E-state index in [1.54, 1.807) is 24.0 Å². The van der Waals surface area contributed by atoms with Gasteiger partial charge in [0.05, 0.1) is 12.1 Å². The Morgan fingerprint density at radius 1 is 1.47 bits per heavy atom. The average molecular weight is 236 g/mol. The molecule has 92 valence electrons. The number of aliphatic hydroxyl groups excluding tert-OH is 1. The molecule has 1 unspecified atom stereocenters. The number of aromatic nitrogens is 4. The molecule has 0 aromatic carbocycles. The van der Waals surface area contributed by atoms with Gasteiger partial charge < -0.3 is 9.63 Å². The molecule has 2 aromatic rings. The summed E-state index contributed by atoms with van der Waals surface area (Å²) >= 11 is 0. The molecule has 0 fully saturated rings. The molecule has 2 aromatic heterocycles. The zero-order valence-electron chi connectivity index (χ0n) is 10.2. The lowest BCUT2D eigenvalue weighted by Gasteiger charge is -2.07. The van der Waals surface area contributed by atoms with Crippen molar-refractivity contribution in [2.75, 3.05) is 0 Å². The zero-order chi connectivity index (χ0) is 12.4. The number of hydrogen-bond acceptors (Lipinski definition) is 5. The van der Waals surface area contributed by atoms with Crippen molar-refractivity contribution in [3.8, 4) is 0 Å². The van der Waals surface area contributed by atoms with Crippen molar-refractivity contribution >= 4 is 0 Å². The molecule has 6 heteroatoms. The number of aliphatic hydroxyl groups is 1. The first-order valence-electron chi connectivity index (χ1n) is 5.56. The summed E-state index contributed by atoms with van der Waals surface area (Å²) in [5.74, 6) is 1.33. The molecule has 17 heavy (non-hydrogen) atoms. The van der Waals surface area contributed by atoms with Gasteiger partial charge in [-0.2, -0.15) is 10.1 Å². The highest BCUT2D eigenvalue weighted by Gasteiger charge is 2.17. The Balaban J connectivity index is 2.08. The third-order valence-electron chi connectivity index (χ3n) is 2.57. The lowest BCUT2D eigenvalue weighted by Crippen LogP contribution is -2.08. The van der Waals surface area contributed by atoms with Crippen LogP contribution >= 0.6 is 0 Å². The van der Waals surface area contributed by atoms with Gasteiger partial charge in [-0.25, -0.2) is 0 Å². The van der Waals surface area contributed by atoms with Crippen LogP contribution < -0.4 is 0 Å². The number of hydrogen-bond donors (Lipinski definition) is 1. The Bertz CT molecular complexity index is 489. The molecule has 0 aliphatic heterocycles. The van der Waals surface area contributed by atoms with Crippen LogP contribution in [0.15, 0.2) is 16.8 Å². The summed E-state index contributed by atoms with van der Waals surface area (Å²) in [5, 5.41) is 17.9. The number of rotatable bonds is 4. The monoisotopic (exact) mass is 236 g/mol. The SMILES string of the molecule is CC(C)c1noc(CC(O)c2ccnn2C)n1. The Hall–Kier alpha value is -1.69. The van der Waals surface area contributed by atoms with Crippen molar-refractivity contribution < 1.29 is 9.63 Å². The summed E-state index contributed by atoms with van der Waals surface area (Å²) in [6, 6.07) is 1.77. The van der Waals surface area contributed by atoms with Crippen molar-refractivity contribution in [1.29, 1.82) is 0 Å². The quantitative estimate of drug-likeness (QED) is 0.863. The minimum Gasteiger partial charge on any atom is -0.386 e. The minimum absolute atomic E-state index is 0.223. The highest BCUT2D eigenvalue weighted by atomic mass is 16.5. The molecule has 0 aliphatic carbocycles. The maximum Gasteiger partial charge on any atom is 0.229 e. The lowest BCUT2D eigenvalue weighted by atomic mass is 10.2. The van der Waals surface area contributed by atoms with Crippen LogP contribution in [0.3, 0.4) is 0 Å². The molecule has 0 radical (unpaired) electrons. The van der Waals surface area contributed by atoms with Gasteiger partial charge in [-0.15, -0.1) is 0 Å². The van der Waals surface area contributed by atoms with Gasteiger partial charge in [0.25, 0.3) is 0 Å². The van der Waals surface area contributed by atoms with Crippen LogP contribution in [0.2, 0.25) is 0 Å². The van der Waals surface area contributed by atoms with Gasteiger partial charge in [0, 0.05) is 19.2 Å². The Labute approximate surface area is 99.3 Å². The maximum absolute atomic E-state index is 10.0. The van der Waals surface area contributed by atoms with E-state index in [0.717, 1.165) is 5.69 Å². The van der Waals surface area contributed by atoms with Crippen molar-refractivity contribution in [3.63, 3.8) is 0 Å². The smallest absolute Gasteiger partial charge is 0.229 e. The fraction of sp³-hybridized carbons (Fsp3) is 0.545. The molecule has 6 nitrogen and oxygen atoms in total. The van der Waals surface area contributed by atoms with Gasteiger partial charge in [-0.3, -0.25) is 4.68 Å². The summed E-state index contributed by atoms with van der Waals surface area (Å²) < 4.78 is 6.71. The van der Waals surface area contributed by atoms with Gasteiger partial charge in [-0.1, -0.05) is 19.0 Å². The molecular formula is C11H16N4O2. The first-order valence-corrected chi connectivity index (χ1v) is 5.56. The molecule has 0 bridgehead atoms. The van der Waals surface area contributed by atoms with Crippen LogP contribution in [0.25, 0.3) is 0 Å². The van der Waals surface area contributed by atoms with E-state index in [0.29, 0.717) is 18.1 Å². The molecule has 0 spiro atoms. The summed E-state index contributed by atoms with van der Waals surface area (Å²) in [4.78, 5) is 4.22. The van der Waals surface area contributed by atoms with E-state index in [2.05, 4.69) is 15.2 Å². The van der Waals surface area contributed by atoms with Crippen molar-refractivity contribution in [1.82, 2.24) is 19.9 Å². The average Bonchev–Trinajstić information content (AvgIpc) is 2.86. The molecule has 1 atom stereocenters. The van der Waals surface area contributed by atoms with Gasteiger partial charge >= 0.3 is 0 Å². The Morgan fingerprint density at radius 3 is 2.76 bits per heavy atom. The minimum atomic E-state index is -0.678. The Kier molecular flexibility index (Phi) is 3.23. The van der Waals surface area contributed by atoms with Gasteiger partial charge in [-0.05, 0) is 6.07 Å². The largest absolute Gasteiger partial charge is 0.386 e. The van der Waals surface area contributed by atoms with Crippen LogP contribution in [0, 0.1) is 0 Å². The Morgan fingerprint density at radius 2 is 2.24 bits per heavy atom. The lowest BCUT2D eigenvalue weighted by molar-refractivity contribution is 0.155. The van der Waals surface area contributed by atoms with E-state index >= 15 is 0 Å². The molecule has 0 aliphatic rings. The van der Waals surface area contributed by atoms with Crippen molar-refractivity contribution in [2.24, 2.45) is 7.05 Å². The fourth-order valence-corrected chi connectivity index (χ4v) is 1.57. The summed E-state index contributed by atoms with van der Waals surface area (Å²) in [6.45, 7) is 3.98. The molecule has 0 amide bonds. The molecule has 2 rings (SSSR count). The maximum atomic E-state index is 10.0. The molecule has 1 N–H and O–H groups in total. The van der Waals surface area contributed by atoms with Crippen LogP contribution in [-0.2, 0) is 13.5 Å². The van der Waals surface area contributed by atoms with Gasteiger partial charge in [0.2, 0.25) is 5.89 Å². The second-order valence-electron chi connectivity index (χ2n) is 4.30. The molecule has 0 saturated heterocycles. The molecule has 0 saturated carbocycles. The molecular weight excluding hydrogens is 220 g/mol. The first kappa shape index (κ1) is 11.8. The summed E-state index contributed by atoms with van der Waals surface area (Å²) in [7, 11) is 1.78. The fourth-order valence-electron chi connectivity index (χ4n) is 1.57. The third-order valence-corrected chi connectivity index (χ3v) is 2.57. The molecule has 2 heterocycles. The normalized spacial score (nSPS) is 13.2. The second-order valence-corrected chi connectivity index (χ2v) is 4.30. The third kappa shape index (κ3) is 2.52. The first-order chi connectivity index (χ1) is 8.08. The van der Waals surface area contributed by atoms with Gasteiger partial charge in [0.1, 0.15) is 6.10 Å². The van der Waals surface area contributed by atoms with E-state index < -0.39 is 6.10 Å². The van der Waals surface area contributed by atoms with E-state index in [1.807, 2.05) is 13.8 Å². The summed E-state index contributed by atoms with van der Waals surface area (Å²) in [6.07, 6.45) is 1.27. The predicted octanol–water partition coefficient (Wildman–Crippen LogP) is 1.20. The van der Waals surface area contributed by atoms with Crippen molar-refractivity contribution in [3.05, 3.63) is 29.7 Å². The number of nitrogens with zero attached hydrogens (tertiary/aromatic N) is 4. The second kappa shape index (κ2) is 4.67. The predicted molar refractivity (Wildman–Crippen MR) is 60.3 cm³/mol. The van der Waals surface area contributed by atoms with Crippen LogP contribution in [0.1, 0.15) is 43.3 Å². The van der Waals surface area contributed by atoms with E-state index in [9.17, 15) is 5.11 Å². The zero-order valence-corrected chi connectivity index (χ0v) is 10.2. The van der Waals surface area contributed by atoms with E-state index in [-0.39, 0.29) is 5.92 Å². The van der Waals surface area contributed by atoms with Crippen LogP contribution in [0.4, 0.5) is 0 Å². The summed E-state index contributed by atoms with van der Waals surface area (Å²) in [5.41, 5.74) is 0.731. The van der Waals surface area contributed by atoms with Crippen LogP contribution in [-0.4, -0.2) is 25.0 Å². The van der Waals surface area contributed by atoms with Crippen LogP contribution in [0.5, 0.6) is 0 Å². The van der Waals surface area contributed by atoms with Crippen molar-refractivity contribution in [2.45, 2.75) is 32.3 Å². The van der Waals surface area contributed by atoms with E-state index in [1.165, 1.54) is 0 Å². The number of aryl methyl sites for hydroxylation is 1. The highest BCUT2D eigenvalue weighted by molar-refractivity contribution is 5.06. The van der Waals surface area contributed by atoms with Gasteiger partial charge in [0.15, 0.2) is 5.82 Å². The standard InChI is InChI=1S/C11H16N4O2/c1-7(2)11-13-10(17-14-11)6-9(16)8-4-5-12-15(8)3/h4-5,7,9,16H,6H2,1-3H3. The highest BCUT2D eigenvalue weighted by Crippen LogP contribution is 2.17. The van der Waals surface area contributed by atoms with E-state index in [4.69, 9.17) is 4.52 Å². The topological polar surface area (TPSA) is 77.0 Å².